The molecule has 0 aliphatic carbocycles. The van der Waals surface area contributed by atoms with E-state index in [1.165, 1.54) is 23.1 Å². The maximum Gasteiger partial charge on any atom is 0.387 e. The van der Waals surface area contributed by atoms with Gasteiger partial charge in [0.2, 0.25) is 0 Å². The van der Waals surface area contributed by atoms with Gasteiger partial charge in [0.25, 0.3) is 5.91 Å². The number of ether oxygens (including phenoxy) is 1. The Bertz CT molecular complexity index is 450. The number of carbonyl (C=O) groups excluding carboxylic acids is 1. The van der Waals surface area contributed by atoms with E-state index in [1.807, 2.05) is 13.8 Å². The Labute approximate surface area is 111 Å². The van der Waals surface area contributed by atoms with Crippen molar-refractivity contribution in [3.63, 3.8) is 0 Å². The number of alkyl halides is 2. The van der Waals surface area contributed by atoms with Crippen molar-refractivity contribution in [1.29, 1.82) is 0 Å². The van der Waals surface area contributed by atoms with Crippen molar-refractivity contribution in [2.75, 3.05) is 13.6 Å². The summed E-state index contributed by atoms with van der Waals surface area (Å²) >= 11 is 0. The number of likely N-dealkylation sites (N-methyl/N-ethyl adjacent to an activating group) is 1. The van der Waals surface area contributed by atoms with Crippen LogP contribution in [0.1, 0.15) is 24.2 Å². The largest absolute Gasteiger partial charge is 0.435 e. The van der Waals surface area contributed by atoms with Crippen LogP contribution in [0.25, 0.3) is 0 Å². The zero-order chi connectivity index (χ0) is 14.6. The predicted octanol–water partition coefficient (Wildman–Crippen LogP) is 2.10. The highest BCUT2D eigenvalue weighted by molar-refractivity contribution is 5.94. The summed E-state index contributed by atoms with van der Waals surface area (Å²) < 4.78 is 28.5. The van der Waals surface area contributed by atoms with Crippen LogP contribution in [-0.2, 0) is 0 Å². The second-order valence-electron chi connectivity index (χ2n) is 4.79. The van der Waals surface area contributed by atoms with Gasteiger partial charge >= 0.3 is 6.61 Å². The van der Waals surface area contributed by atoms with Crippen molar-refractivity contribution in [3.8, 4) is 5.75 Å². The Morgan fingerprint density at radius 2 is 2.11 bits per heavy atom. The molecule has 1 aromatic carbocycles. The number of amides is 1. The number of nitrogens with zero attached hydrogens (tertiary/aromatic N) is 1. The molecule has 0 radical (unpaired) electrons. The van der Waals surface area contributed by atoms with E-state index in [2.05, 4.69) is 4.74 Å². The lowest BCUT2D eigenvalue weighted by atomic mass is 10.0. The molecule has 106 valence electrons. The Hall–Kier alpha value is -1.69. The average molecular weight is 272 g/mol. The van der Waals surface area contributed by atoms with Crippen LogP contribution in [-0.4, -0.2) is 36.5 Å². The number of benzene rings is 1. The lowest BCUT2D eigenvalue weighted by Gasteiger charge is -2.34. The van der Waals surface area contributed by atoms with Gasteiger partial charge in [-0.3, -0.25) is 4.79 Å². The molecule has 0 aliphatic heterocycles. The molecule has 6 heteroatoms. The summed E-state index contributed by atoms with van der Waals surface area (Å²) in [6.45, 7) is 1.03. The quantitative estimate of drug-likeness (QED) is 0.893. The topological polar surface area (TPSA) is 55.6 Å². The van der Waals surface area contributed by atoms with Crippen LogP contribution in [0.3, 0.4) is 0 Å². The van der Waals surface area contributed by atoms with Crippen LogP contribution in [0.5, 0.6) is 5.75 Å². The number of nitrogens with two attached hydrogens (primary N) is 1. The zero-order valence-electron chi connectivity index (χ0n) is 11.2. The zero-order valence-corrected chi connectivity index (χ0v) is 11.2. The molecule has 1 amide bonds. The Balaban J connectivity index is 2.94. The number of carbonyl (C=O) groups is 1. The first-order valence-electron chi connectivity index (χ1n) is 5.81. The van der Waals surface area contributed by atoms with Gasteiger partial charge in [0, 0.05) is 24.7 Å². The minimum atomic E-state index is -2.91. The molecule has 0 heterocycles. The standard InChI is InChI=1S/C13H18F2N2O2/c1-13(2,8-16)17(3)11(18)9-5-4-6-10(7-9)19-12(14)15/h4-7,12H,8,16H2,1-3H3. The van der Waals surface area contributed by atoms with Crippen LogP contribution in [0.15, 0.2) is 24.3 Å². The highest BCUT2D eigenvalue weighted by Gasteiger charge is 2.27. The summed E-state index contributed by atoms with van der Waals surface area (Å²) in [6, 6.07) is 5.70. The minimum absolute atomic E-state index is 0.0418. The van der Waals surface area contributed by atoms with Crippen LogP contribution < -0.4 is 10.5 Å². The SMILES string of the molecule is CN(C(=O)c1cccc(OC(F)F)c1)C(C)(C)CN. The lowest BCUT2D eigenvalue weighted by molar-refractivity contribution is -0.0499. The second kappa shape index (κ2) is 5.97. The molecule has 0 aromatic heterocycles. The third kappa shape index (κ3) is 3.89. The highest BCUT2D eigenvalue weighted by atomic mass is 19.3. The van der Waals surface area contributed by atoms with E-state index in [0.717, 1.165) is 0 Å². The number of halogens is 2. The van der Waals surface area contributed by atoms with Gasteiger partial charge in [0.05, 0.1) is 0 Å². The average Bonchev–Trinajstić information content (AvgIpc) is 2.36. The van der Waals surface area contributed by atoms with E-state index in [4.69, 9.17) is 5.73 Å². The fourth-order valence-corrected chi connectivity index (χ4v) is 1.41. The highest BCUT2D eigenvalue weighted by Crippen LogP contribution is 2.19. The van der Waals surface area contributed by atoms with Gasteiger partial charge in [-0.1, -0.05) is 6.07 Å². The summed E-state index contributed by atoms with van der Waals surface area (Å²) in [5.41, 5.74) is 5.36. The molecular formula is C13H18F2N2O2. The van der Waals surface area contributed by atoms with Crippen molar-refractivity contribution < 1.29 is 18.3 Å². The Morgan fingerprint density at radius 3 is 2.63 bits per heavy atom. The summed E-state index contributed by atoms with van der Waals surface area (Å²) in [6.07, 6.45) is 0. The van der Waals surface area contributed by atoms with Crippen LogP contribution in [0.4, 0.5) is 8.78 Å². The molecule has 0 atom stereocenters. The maximum atomic E-state index is 12.2. The van der Waals surface area contributed by atoms with E-state index in [-0.39, 0.29) is 17.2 Å². The molecule has 0 aliphatic rings. The van der Waals surface area contributed by atoms with Gasteiger partial charge < -0.3 is 15.4 Å². The van der Waals surface area contributed by atoms with Gasteiger partial charge in [0.1, 0.15) is 5.75 Å². The first-order valence-corrected chi connectivity index (χ1v) is 5.81. The van der Waals surface area contributed by atoms with E-state index in [0.29, 0.717) is 6.54 Å². The molecule has 1 aromatic rings. The van der Waals surface area contributed by atoms with Crippen molar-refractivity contribution in [1.82, 2.24) is 4.90 Å². The molecule has 1 rings (SSSR count). The molecule has 0 fully saturated rings. The van der Waals surface area contributed by atoms with Gasteiger partial charge in [-0.25, -0.2) is 0 Å². The summed E-state index contributed by atoms with van der Waals surface area (Å²) in [4.78, 5) is 13.7. The van der Waals surface area contributed by atoms with E-state index < -0.39 is 12.2 Å². The molecule has 0 unspecified atom stereocenters. The van der Waals surface area contributed by atoms with Crippen molar-refractivity contribution in [2.24, 2.45) is 5.73 Å². The molecule has 0 bridgehead atoms. The smallest absolute Gasteiger partial charge is 0.387 e. The van der Waals surface area contributed by atoms with Crippen molar-refractivity contribution >= 4 is 5.91 Å². The molecule has 19 heavy (non-hydrogen) atoms. The fourth-order valence-electron chi connectivity index (χ4n) is 1.41. The van der Waals surface area contributed by atoms with Gasteiger partial charge in [-0.2, -0.15) is 8.78 Å². The van der Waals surface area contributed by atoms with Gasteiger partial charge in [-0.05, 0) is 32.0 Å². The lowest BCUT2D eigenvalue weighted by Crippen LogP contribution is -2.50. The van der Waals surface area contributed by atoms with E-state index in [9.17, 15) is 13.6 Å². The van der Waals surface area contributed by atoms with Crippen molar-refractivity contribution in [2.45, 2.75) is 26.0 Å². The first kappa shape index (κ1) is 15.4. The van der Waals surface area contributed by atoms with Crippen molar-refractivity contribution in [3.05, 3.63) is 29.8 Å². The predicted molar refractivity (Wildman–Crippen MR) is 68.3 cm³/mol. The third-order valence-corrected chi connectivity index (χ3v) is 3.02. The molecule has 4 nitrogen and oxygen atoms in total. The van der Waals surface area contributed by atoms with E-state index >= 15 is 0 Å². The molecular weight excluding hydrogens is 254 g/mol. The third-order valence-electron chi connectivity index (χ3n) is 3.02. The van der Waals surface area contributed by atoms with Crippen LogP contribution in [0, 0.1) is 0 Å². The van der Waals surface area contributed by atoms with Gasteiger partial charge in [-0.15, -0.1) is 0 Å². The molecule has 0 saturated carbocycles. The normalized spacial score (nSPS) is 11.5. The molecule has 2 N–H and O–H groups in total. The van der Waals surface area contributed by atoms with Crippen LogP contribution in [0.2, 0.25) is 0 Å². The maximum absolute atomic E-state index is 12.2. The first-order chi connectivity index (χ1) is 8.77. The molecule has 0 spiro atoms. The Kier molecular flexibility index (Phi) is 4.83. The van der Waals surface area contributed by atoms with Crippen LogP contribution >= 0.6 is 0 Å². The number of hydrogen-bond donors (Lipinski definition) is 1. The monoisotopic (exact) mass is 272 g/mol. The summed E-state index contributed by atoms with van der Waals surface area (Å²) in [5, 5.41) is 0. The Morgan fingerprint density at radius 1 is 1.47 bits per heavy atom. The number of hydrogen-bond acceptors (Lipinski definition) is 3. The fraction of sp³-hybridized carbons (Fsp3) is 0.462. The summed E-state index contributed by atoms with van der Waals surface area (Å²) in [5.74, 6) is -0.338. The van der Waals surface area contributed by atoms with Gasteiger partial charge in [0.15, 0.2) is 0 Å². The second-order valence-corrected chi connectivity index (χ2v) is 4.79. The minimum Gasteiger partial charge on any atom is -0.435 e. The van der Waals surface area contributed by atoms with E-state index in [1.54, 1.807) is 13.1 Å². The summed E-state index contributed by atoms with van der Waals surface area (Å²) in [7, 11) is 1.62. The molecule has 0 saturated heterocycles. The number of rotatable bonds is 5.